The van der Waals surface area contributed by atoms with E-state index in [9.17, 15) is 14.0 Å². The lowest BCUT2D eigenvalue weighted by molar-refractivity contribution is -0.119. The molecule has 1 unspecified atom stereocenters. The van der Waals surface area contributed by atoms with Crippen LogP contribution < -0.4 is 16.8 Å². The normalized spacial score (nSPS) is 12.1. The number of methoxy groups -OCH3 is 1. The van der Waals surface area contributed by atoms with Crippen LogP contribution in [0.4, 0.5) is 15.8 Å². The number of nitrogen functional groups attached to an aromatic ring is 1. The van der Waals surface area contributed by atoms with Gasteiger partial charge in [-0.25, -0.2) is 9.18 Å². The number of nitrogens with one attached hydrogen (secondary N) is 1. The van der Waals surface area contributed by atoms with E-state index in [1.807, 2.05) is 0 Å². The van der Waals surface area contributed by atoms with Gasteiger partial charge in [0.25, 0.3) is 0 Å². The van der Waals surface area contributed by atoms with Gasteiger partial charge in [-0.1, -0.05) is 13.8 Å². The quantitative estimate of drug-likeness (QED) is 0.554. The summed E-state index contributed by atoms with van der Waals surface area (Å²) in [6, 6.07) is 1.43. The lowest BCUT2D eigenvalue weighted by Gasteiger charge is -2.21. The van der Waals surface area contributed by atoms with Crippen molar-refractivity contribution in [2.75, 3.05) is 18.2 Å². The molecule has 1 atom stereocenters. The fraction of sp³-hybridized carbons (Fsp3) is 0.385. The van der Waals surface area contributed by atoms with Crippen molar-refractivity contribution in [3.63, 3.8) is 0 Å². The van der Waals surface area contributed by atoms with Gasteiger partial charge in [0.05, 0.1) is 18.4 Å². The number of primary amides is 1. The van der Waals surface area contributed by atoms with E-state index in [2.05, 4.69) is 10.1 Å². The zero-order valence-corrected chi connectivity index (χ0v) is 11.6. The zero-order valence-electron chi connectivity index (χ0n) is 11.6. The van der Waals surface area contributed by atoms with E-state index in [4.69, 9.17) is 11.5 Å². The summed E-state index contributed by atoms with van der Waals surface area (Å²) in [5.41, 5.74) is 10.8. The van der Waals surface area contributed by atoms with E-state index in [-0.39, 0.29) is 22.9 Å². The van der Waals surface area contributed by atoms with E-state index >= 15 is 0 Å². The molecule has 0 bridgehead atoms. The second kappa shape index (κ2) is 6.23. The third kappa shape index (κ3) is 3.37. The van der Waals surface area contributed by atoms with E-state index in [1.54, 1.807) is 13.8 Å². The van der Waals surface area contributed by atoms with Crippen molar-refractivity contribution in [3.8, 4) is 0 Å². The first-order chi connectivity index (χ1) is 9.27. The number of hydrogen-bond acceptors (Lipinski definition) is 5. The molecule has 7 heteroatoms. The number of halogens is 1. The van der Waals surface area contributed by atoms with Crippen molar-refractivity contribution < 1.29 is 18.7 Å². The number of amides is 1. The largest absolute Gasteiger partial charge is 0.465 e. The highest BCUT2D eigenvalue weighted by Crippen LogP contribution is 2.24. The third-order valence-corrected chi connectivity index (χ3v) is 2.83. The first-order valence-electron chi connectivity index (χ1n) is 6.01. The van der Waals surface area contributed by atoms with Gasteiger partial charge in [0.15, 0.2) is 0 Å². The highest BCUT2D eigenvalue weighted by atomic mass is 19.1. The van der Waals surface area contributed by atoms with Gasteiger partial charge in [0.2, 0.25) is 5.91 Å². The predicted octanol–water partition coefficient (Wildman–Crippen LogP) is 1.12. The number of benzene rings is 1. The minimum atomic E-state index is -0.765. The zero-order chi connectivity index (χ0) is 15.4. The van der Waals surface area contributed by atoms with Gasteiger partial charge >= 0.3 is 5.97 Å². The van der Waals surface area contributed by atoms with Crippen LogP contribution in [0.5, 0.6) is 0 Å². The Morgan fingerprint density at radius 2 is 1.95 bits per heavy atom. The van der Waals surface area contributed by atoms with Crippen LogP contribution in [-0.4, -0.2) is 25.0 Å². The van der Waals surface area contributed by atoms with Gasteiger partial charge in [-0.2, -0.15) is 0 Å². The lowest BCUT2D eigenvalue weighted by atomic mass is 10.0. The van der Waals surface area contributed by atoms with Gasteiger partial charge in [-0.15, -0.1) is 0 Å². The molecule has 5 N–H and O–H groups in total. The van der Waals surface area contributed by atoms with Crippen molar-refractivity contribution in [2.45, 2.75) is 19.9 Å². The van der Waals surface area contributed by atoms with Gasteiger partial charge < -0.3 is 21.5 Å². The van der Waals surface area contributed by atoms with E-state index in [0.717, 1.165) is 6.07 Å². The van der Waals surface area contributed by atoms with Crippen LogP contribution in [0.25, 0.3) is 0 Å². The number of carbonyl (C=O) groups is 2. The average Bonchev–Trinajstić information content (AvgIpc) is 2.35. The molecule has 0 heterocycles. The molecule has 1 aromatic rings. The molecule has 0 aliphatic rings. The third-order valence-electron chi connectivity index (χ3n) is 2.83. The van der Waals surface area contributed by atoms with Crippen LogP contribution in [0, 0.1) is 11.7 Å². The molecular weight excluding hydrogens is 265 g/mol. The number of esters is 1. The SMILES string of the molecule is COC(=O)c1cc(NC(C(N)=O)C(C)C)c(F)cc1N. The number of nitrogens with two attached hydrogens (primary N) is 2. The first kappa shape index (κ1) is 15.7. The summed E-state index contributed by atoms with van der Waals surface area (Å²) in [5, 5.41) is 2.68. The Morgan fingerprint density at radius 1 is 1.35 bits per heavy atom. The molecule has 1 rings (SSSR count). The molecule has 20 heavy (non-hydrogen) atoms. The highest BCUT2D eigenvalue weighted by Gasteiger charge is 2.22. The predicted molar refractivity (Wildman–Crippen MR) is 73.6 cm³/mol. The molecule has 6 nitrogen and oxygen atoms in total. The van der Waals surface area contributed by atoms with Crippen LogP contribution in [0.2, 0.25) is 0 Å². The standard InChI is InChI=1S/C13H18FN3O3/c1-6(2)11(12(16)18)17-10-4-7(13(19)20-3)9(15)5-8(10)14/h4-6,11,17H,15H2,1-3H3,(H2,16,18). The van der Waals surface area contributed by atoms with Crippen LogP contribution in [0.3, 0.4) is 0 Å². The molecule has 110 valence electrons. The lowest BCUT2D eigenvalue weighted by Crippen LogP contribution is -2.39. The Morgan fingerprint density at radius 3 is 2.40 bits per heavy atom. The fourth-order valence-corrected chi connectivity index (χ4v) is 1.72. The first-order valence-corrected chi connectivity index (χ1v) is 6.01. The van der Waals surface area contributed by atoms with Gasteiger partial charge in [0.1, 0.15) is 11.9 Å². The maximum absolute atomic E-state index is 13.8. The van der Waals surface area contributed by atoms with Gasteiger partial charge in [-0.05, 0) is 18.1 Å². The molecule has 0 spiro atoms. The molecule has 0 saturated heterocycles. The second-order valence-corrected chi connectivity index (χ2v) is 4.68. The minimum absolute atomic E-state index is 0.0170. The summed E-state index contributed by atoms with van der Waals surface area (Å²) < 4.78 is 18.4. The molecule has 1 aromatic carbocycles. The summed E-state index contributed by atoms with van der Waals surface area (Å²) >= 11 is 0. The van der Waals surface area contributed by atoms with Crippen LogP contribution in [-0.2, 0) is 9.53 Å². The van der Waals surface area contributed by atoms with Crippen molar-refractivity contribution in [1.82, 2.24) is 0 Å². The molecule has 0 fully saturated rings. The topological polar surface area (TPSA) is 107 Å². The Labute approximate surface area is 116 Å². The number of anilines is 2. The molecule has 0 radical (unpaired) electrons. The molecule has 0 aliphatic carbocycles. The second-order valence-electron chi connectivity index (χ2n) is 4.68. The summed E-state index contributed by atoms with van der Waals surface area (Å²) in [5.74, 6) is -2.13. The average molecular weight is 283 g/mol. The Kier molecular flexibility index (Phi) is 4.90. The number of carbonyl (C=O) groups excluding carboxylic acids is 2. The molecule has 1 amide bonds. The smallest absolute Gasteiger partial charge is 0.340 e. The maximum atomic E-state index is 13.8. The number of hydrogen-bond donors (Lipinski definition) is 3. The monoisotopic (exact) mass is 283 g/mol. The summed E-state index contributed by atoms with van der Waals surface area (Å²) in [4.78, 5) is 22.8. The molecular formula is C13H18FN3O3. The summed E-state index contributed by atoms with van der Waals surface area (Å²) in [7, 11) is 1.19. The summed E-state index contributed by atoms with van der Waals surface area (Å²) in [6.45, 7) is 3.53. The summed E-state index contributed by atoms with van der Waals surface area (Å²) in [6.07, 6.45) is 0. The van der Waals surface area contributed by atoms with Gasteiger partial charge in [0, 0.05) is 5.69 Å². The van der Waals surface area contributed by atoms with Crippen molar-refractivity contribution >= 4 is 23.3 Å². The van der Waals surface area contributed by atoms with Crippen molar-refractivity contribution in [2.24, 2.45) is 11.7 Å². The number of rotatable bonds is 5. The van der Waals surface area contributed by atoms with Gasteiger partial charge in [-0.3, -0.25) is 4.79 Å². The molecule has 0 saturated carbocycles. The molecule has 0 aromatic heterocycles. The molecule has 0 aliphatic heterocycles. The Bertz CT molecular complexity index is 532. The van der Waals surface area contributed by atoms with E-state index < -0.39 is 23.7 Å². The minimum Gasteiger partial charge on any atom is -0.465 e. The van der Waals surface area contributed by atoms with Crippen molar-refractivity contribution in [3.05, 3.63) is 23.5 Å². The maximum Gasteiger partial charge on any atom is 0.340 e. The highest BCUT2D eigenvalue weighted by molar-refractivity contribution is 5.96. The van der Waals surface area contributed by atoms with Crippen LogP contribution in [0.1, 0.15) is 24.2 Å². The number of ether oxygens (including phenoxy) is 1. The fourth-order valence-electron chi connectivity index (χ4n) is 1.72. The van der Waals surface area contributed by atoms with E-state index in [1.165, 1.54) is 13.2 Å². The Balaban J connectivity index is 3.18. The Hall–Kier alpha value is -2.31. The van der Waals surface area contributed by atoms with Crippen LogP contribution in [0.15, 0.2) is 12.1 Å². The van der Waals surface area contributed by atoms with E-state index in [0.29, 0.717) is 0 Å². The van der Waals surface area contributed by atoms with Crippen molar-refractivity contribution in [1.29, 1.82) is 0 Å². The van der Waals surface area contributed by atoms with Crippen LogP contribution >= 0.6 is 0 Å².